The first-order chi connectivity index (χ1) is 13.7. The van der Waals surface area contributed by atoms with Crippen molar-refractivity contribution < 1.29 is 4.79 Å². The maximum Gasteiger partial charge on any atom is 0.238 e. The molecule has 0 aliphatic carbocycles. The monoisotopic (exact) mass is 391 g/mol. The van der Waals surface area contributed by atoms with Crippen LogP contribution < -0.4 is 10.6 Å². The van der Waals surface area contributed by atoms with Crippen LogP contribution in [0.25, 0.3) is 21.8 Å². The Hall–Kier alpha value is -2.82. The Labute approximate surface area is 169 Å². The first kappa shape index (κ1) is 18.5. The van der Waals surface area contributed by atoms with Crippen molar-refractivity contribution in [3.63, 3.8) is 0 Å². The van der Waals surface area contributed by atoms with Crippen molar-refractivity contribution in [1.29, 1.82) is 0 Å². The molecule has 2 N–H and O–H groups in total. The predicted octanol–water partition coefficient (Wildman–Crippen LogP) is 5.20. The van der Waals surface area contributed by atoms with E-state index in [1.54, 1.807) is 0 Å². The van der Waals surface area contributed by atoms with Gasteiger partial charge >= 0.3 is 0 Å². The quantitative estimate of drug-likeness (QED) is 0.474. The summed E-state index contributed by atoms with van der Waals surface area (Å²) in [5.74, 6) is -0.0781. The number of halogens is 1. The van der Waals surface area contributed by atoms with Gasteiger partial charge in [0.05, 0.1) is 6.54 Å². The van der Waals surface area contributed by atoms with Crippen molar-refractivity contribution in [2.24, 2.45) is 0 Å². The summed E-state index contributed by atoms with van der Waals surface area (Å²) in [5.41, 5.74) is 4.17. The molecule has 4 nitrogen and oxygen atoms in total. The van der Waals surface area contributed by atoms with E-state index in [9.17, 15) is 4.79 Å². The summed E-state index contributed by atoms with van der Waals surface area (Å²) in [4.78, 5) is 12.3. The highest BCUT2D eigenvalue weighted by atomic mass is 35.5. The molecule has 0 fully saturated rings. The summed E-state index contributed by atoms with van der Waals surface area (Å²) in [5, 5.41) is 9.18. The smallest absolute Gasteiger partial charge is 0.238 e. The van der Waals surface area contributed by atoms with E-state index in [0.29, 0.717) is 11.6 Å². The number of nitrogens with zero attached hydrogens (tertiary/aromatic N) is 1. The van der Waals surface area contributed by atoms with Crippen molar-refractivity contribution in [3.8, 4) is 0 Å². The number of benzene rings is 3. The summed E-state index contributed by atoms with van der Waals surface area (Å²) < 4.78 is 2.29. The second-order valence-corrected chi connectivity index (χ2v) is 7.14. The molecule has 1 aromatic heterocycles. The van der Waals surface area contributed by atoms with Crippen LogP contribution in [-0.2, 0) is 17.9 Å². The van der Waals surface area contributed by atoms with Gasteiger partial charge in [0.1, 0.15) is 0 Å². The van der Waals surface area contributed by atoms with Gasteiger partial charge in [0.15, 0.2) is 0 Å². The molecular formula is C23H22ClN3O. The molecule has 0 saturated carbocycles. The number of carbonyl (C=O) groups excluding carboxylic acids is 1. The number of nitrogens with one attached hydrogen (secondary N) is 2. The highest BCUT2D eigenvalue weighted by Crippen LogP contribution is 2.30. The van der Waals surface area contributed by atoms with Gasteiger partial charge in [-0.3, -0.25) is 4.79 Å². The van der Waals surface area contributed by atoms with Crippen molar-refractivity contribution >= 4 is 45.0 Å². The van der Waals surface area contributed by atoms with Gasteiger partial charge in [-0.15, -0.1) is 0 Å². The molecular weight excluding hydrogens is 370 g/mol. The van der Waals surface area contributed by atoms with Crippen LogP contribution in [0.3, 0.4) is 0 Å². The number of aryl methyl sites for hydroxylation is 1. The van der Waals surface area contributed by atoms with Gasteiger partial charge < -0.3 is 15.2 Å². The van der Waals surface area contributed by atoms with Crippen LogP contribution in [0.1, 0.15) is 12.5 Å². The van der Waals surface area contributed by atoms with Gasteiger partial charge in [0, 0.05) is 45.6 Å². The molecule has 0 unspecified atom stereocenters. The van der Waals surface area contributed by atoms with Crippen LogP contribution in [0, 0.1) is 0 Å². The zero-order chi connectivity index (χ0) is 19.5. The van der Waals surface area contributed by atoms with E-state index in [-0.39, 0.29) is 12.5 Å². The van der Waals surface area contributed by atoms with Gasteiger partial charge in [0.2, 0.25) is 5.91 Å². The molecule has 1 amide bonds. The van der Waals surface area contributed by atoms with Gasteiger partial charge in [-0.25, -0.2) is 0 Å². The lowest BCUT2D eigenvalue weighted by molar-refractivity contribution is -0.115. The Kier molecular flexibility index (Phi) is 5.33. The minimum Gasteiger partial charge on any atom is -0.341 e. The molecule has 0 atom stereocenters. The van der Waals surface area contributed by atoms with E-state index in [1.807, 2.05) is 36.4 Å². The summed E-state index contributed by atoms with van der Waals surface area (Å²) >= 11 is 6.14. The zero-order valence-electron chi connectivity index (χ0n) is 15.7. The van der Waals surface area contributed by atoms with E-state index < -0.39 is 0 Å². The topological polar surface area (TPSA) is 46.1 Å². The summed E-state index contributed by atoms with van der Waals surface area (Å²) in [7, 11) is 0. The van der Waals surface area contributed by atoms with Crippen LogP contribution in [0.15, 0.2) is 66.7 Å². The highest BCUT2D eigenvalue weighted by Gasteiger charge is 2.11. The standard InChI is InChI=1S/C23H22ClN3O/c1-2-27-21-10-6-4-8-18(21)19-13-17(11-12-22(19)27)26-23(28)15-25-14-16-7-3-5-9-20(16)24/h3-13,25H,2,14-15H2,1H3,(H,26,28). The second kappa shape index (κ2) is 8.05. The minimum absolute atomic E-state index is 0.0781. The Balaban J connectivity index is 1.48. The van der Waals surface area contributed by atoms with Gasteiger partial charge in [0.25, 0.3) is 0 Å². The average Bonchev–Trinajstić information content (AvgIpc) is 3.02. The molecule has 0 radical (unpaired) electrons. The first-order valence-electron chi connectivity index (χ1n) is 9.42. The molecule has 0 saturated heterocycles. The van der Waals surface area contributed by atoms with E-state index in [2.05, 4.69) is 52.5 Å². The van der Waals surface area contributed by atoms with Crippen molar-refractivity contribution in [3.05, 3.63) is 77.3 Å². The lowest BCUT2D eigenvalue weighted by Gasteiger charge is -2.09. The lowest BCUT2D eigenvalue weighted by Crippen LogP contribution is -2.27. The van der Waals surface area contributed by atoms with Gasteiger partial charge in [-0.2, -0.15) is 0 Å². The number of anilines is 1. The zero-order valence-corrected chi connectivity index (χ0v) is 16.5. The molecule has 5 heteroatoms. The Morgan fingerprint density at radius 1 is 0.964 bits per heavy atom. The number of aromatic nitrogens is 1. The summed E-state index contributed by atoms with van der Waals surface area (Å²) in [6, 6.07) is 22.1. The van der Waals surface area contributed by atoms with Crippen molar-refractivity contribution in [2.75, 3.05) is 11.9 Å². The fraction of sp³-hybridized carbons (Fsp3) is 0.174. The predicted molar refractivity (Wildman–Crippen MR) is 117 cm³/mol. The maximum atomic E-state index is 12.3. The maximum absolute atomic E-state index is 12.3. The fourth-order valence-corrected chi connectivity index (χ4v) is 3.83. The van der Waals surface area contributed by atoms with Crippen molar-refractivity contribution in [2.45, 2.75) is 20.0 Å². The molecule has 0 aliphatic heterocycles. The Morgan fingerprint density at radius 3 is 2.54 bits per heavy atom. The SMILES string of the molecule is CCn1c2ccccc2c2cc(NC(=O)CNCc3ccccc3Cl)ccc21. The van der Waals surface area contributed by atoms with Crippen LogP contribution in [-0.4, -0.2) is 17.0 Å². The van der Waals surface area contributed by atoms with E-state index in [1.165, 1.54) is 16.4 Å². The van der Waals surface area contributed by atoms with Crippen LogP contribution in [0.4, 0.5) is 5.69 Å². The second-order valence-electron chi connectivity index (χ2n) is 6.74. The Morgan fingerprint density at radius 2 is 1.71 bits per heavy atom. The summed E-state index contributed by atoms with van der Waals surface area (Å²) in [6.07, 6.45) is 0. The largest absolute Gasteiger partial charge is 0.341 e. The van der Waals surface area contributed by atoms with Gasteiger partial charge in [-0.1, -0.05) is 48.0 Å². The normalized spacial score (nSPS) is 11.2. The fourth-order valence-electron chi connectivity index (χ4n) is 3.63. The third-order valence-electron chi connectivity index (χ3n) is 4.93. The number of para-hydroxylation sites is 1. The van der Waals surface area contributed by atoms with E-state index in [0.717, 1.165) is 23.2 Å². The van der Waals surface area contributed by atoms with Crippen LogP contribution in [0.2, 0.25) is 5.02 Å². The summed E-state index contributed by atoms with van der Waals surface area (Å²) in [6.45, 7) is 3.82. The minimum atomic E-state index is -0.0781. The first-order valence-corrected chi connectivity index (χ1v) is 9.80. The lowest BCUT2D eigenvalue weighted by atomic mass is 10.1. The van der Waals surface area contributed by atoms with E-state index >= 15 is 0 Å². The highest BCUT2D eigenvalue weighted by molar-refractivity contribution is 6.31. The number of hydrogen-bond donors (Lipinski definition) is 2. The third kappa shape index (κ3) is 3.61. The average molecular weight is 392 g/mol. The van der Waals surface area contributed by atoms with Crippen LogP contribution in [0.5, 0.6) is 0 Å². The third-order valence-corrected chi connectivity index (χ3v) is 5.30. The molecule has 4 rings (SSSR count). The molecule has 3 aromatic carbocycles. The number of hydrogen-bond acceptors (Lipinski definition) is 2. The molecule has 1 heterocycles. The molecule has 0 aliphatic rings. The molecule has 142 valence electrons. The molecule has 0 bridgehead atoms. The molecule has 4 aromatic rings. The number of fused-ring (bicyclic) bond motifs is 3. The number of carbonyl (C=O) groups is 1. The van der Waals surface area contributed by atoms with Crippen LogP contribution >= 0.6 is 11.6 Å². The number of amides is 1. The molecule has 28 heavy (non-hydrogen) atoms. The van der Waals surface area contributed by atoms with E-state index in [4.69, 9.17) is 11.6 Å². The Bertz CT molecular complexity index is 1150. The van der Waals surface area contributed by atoms with Gasteiger partial charge in [-0.05, 0) is 42.8 Å². The number of rotatable bonds is 6. The molecule has 0 spiro atoms. The van der Waals surface area contributed by atoms with Crippen molar-refractivity contribution in [1.82, 2.24) is 9.88 Å².